The molecule has 0 spiro atoms. The number of morpholine rings is 1. The highest BCUT2D eigenvalue weighted by atomic mass is 16.5. The second kappa shape index (κ2) is 9.79. The van der Waals surface area contributed by atoms with Gasteiger partial charge in [0, 0.05) is 36.6 Å². The average molecular weight is 446 g/mol. The zero-order chi connectivity index (χ0) is 22.6. The van der Waals surface area contributed by atoms with E-state index in [0.29, 0.717) is 12.1 Å². The molecule has 6 nitrogen and oxygen atoms in total. The first-order valence-electron chi connectivity index (χ1n) is 12.0. The fraction of sp³-hybridized carbons (Fsp3) is 0.407. The van der Waals surface area contributed by atoms with Gasteiger partial charge in [0.2, 0.25) is 5.91 Å². The van der Waals surface area contributed by atoms with E-state index in [1.54, 1.807) is 0 Å². The number of hydrogen-bond donors (Lipinski definition) is 1. The first-order chi connectivity index (χ1) is 16.2. The zero-order valence-corrected chi connectivity index (χ0v) is 19.0. The second-order valence-corrected chi connectivity index (χ2v) is 9.06. The molecule has 172 valence electrons. The van der Waals surface area contributed by atoms with Crippen molar-refractivity contribution < 1.29 is 14.3 Å². The largest absolute Gasteiger partial charge is 0.378 e. The summed E-state index contributed by atoms with van der Waals surface area (Å²) in [5.74, 6) is -0.102. The first-order valence-corrected chi connectivity index (χ1v) is 12.0. The number of nitrogens with zero attached hydrogens (tertiary/aromatic N) is 2. The maximum absolute atomic E-state index is 13.4. The second-order valence-electron chi connectivity index (χ2n) is 9.06. The number of amides is 2. The van der Waals surface area contributed by atoms with E-state index < -0.39 is 0 Å². The Bertz CT molecular complexity index is 1030. The van der Waals surface area contributed by atoms with E-state index in [1.165, 1.54) is 5.57 Å². The van der Waals surface area contributed by atoms with Gasteiger partial charge in [-0.25, -0.2) is 0 Å². The number of anilines is 2. The minimum atomic E-state index is -0.129. The fourth-order valence-electron chi connectivity index (χ4n) is 5.24. The highest BCUT2D eigenvalue weighted by molar-refractivity contribution is 6.04. The predicted molar refractivity (Wildman–Crippen MR) is 129 cm³/mol. The molecule has 2 fully saturated rings. The summed E-state index contributed by atoms with van der Waals surface area (Å²) in [7, 11) is 0. The van der Waals surface area contributed by atoms with Crippen molar-refractivity contribution in [3.8, 4) is 0 Å². The van der Waals surface area contributed by atoms with E-state index in [4.69, 9.17) is 4.74 Å². The number of hydrogen-bond acceptors (Lipinski definition) is 4. The van der Waals surface area contributed by atoms with Gasteiger partial charge in [0.25, 0.3) is 5.91 Å². The molecule has 1 aliphatic carbocycles. The van der Waals surface area contributed by atoms with Gasteiger partial charge in [0.1, 0.15) is 0 Å². The van der Waals surface area contributed by atoms with Crippen molar-refractivity contribution in [1.82, 2.24) is 4.90 Å². The van der Waals surface area contributed by atoms with Crippen LogP contribution in [0.25, 0.3) is 0 Å². The molecule has 0 bridgehead atoms. The summed E-state index contributed by atoms with van der Waals surface area (Å²) in [6, 6.07) is 18.2. The molecule has 1 unspecified atom stereocenters. The lowest BCUT2D eigenvalue weighted by Crippen LogP contribution is -2.36. The van der Waals surface area contributed by atoms with E-state index in [-0.39, 0.29) is 24.3 Å². The molecular formula is C27H31N3O3. The van der Waals surface area contributed by atoms with E-state index in [0.717, 1.165) is 68.9 Å². The van der Waals surface area contributed by atoms with Gasteiger partial charge in [-0.2, -0.15) is 0 Å². The molecule has 1 saturated heterocycles. The van der Waals surface area contributed by atoms with Crippen LogP contribution >= 0.6 is 0 Å². The molecule has 0 aromatic heterocycles. The topological polar surface area (TPSA) is 61.9 Å². The lowest BCUT2D eigenvalue weighted by Gasteiger charge is -2.30. The molecule has 5 rings (SSSR count). The summed E-state index contributed by atoms with van der Waals surface area (Å²) in [5.41, 5.74) is 4.91. The predicted octanol–water partition coefficient (Wildman–Crippen LogP) is 4.13. The Balaban J connectivity index is 1.25. The molecule has 3 aliphatic rings. The van der Waals surface area contributed by atoms with Crippen LogP contribution in [-0.2, 0) is 20.9 Å². The summed E-state index contributed by atoms with van der Waals surface area (Å²) < 4.78 is 5.41. The Kier molecular flexibility index (Phi) is 6.44. The number of ether oxygens (including phenoxy) is 1. The Morgan fingerprint density at radius 1 is 1.00 bits per heavy atom. The quantitative estimate of drug-likeness (QED) is 0.726. The number of fused-ring (bicyclic) bond motifs is 1. The monoisotopic (exact) mass is 445 g/mol. The van der Waals surface area contributed by atoms with Gasteiger partial charge < -0.3 is 19.9 Å². The minimum absolute atomic E-state index is 0.0265. The third-order valence-electron chi connectivity index (χ3n) is 6.92. The van der Waals surface area contributed by atoms with Crippen LogP contribution in [-0.4, -0.2) is 49.1 Å². The lowest BCUT2D eigenvalue weighted by atomic mass is 9.88. The van der Waals surface area contributed by atoms with E-state index in [2.05, 4.69) is 22.3 Å². The molecule has 6 heteroatoms. The molecule has 2 amide bonds. The molecule has 2 heterocycles. The number of rotatable bonds is 6. The molecular weight excluding hydrogens is 414 g/mol. The van der Waals surface area contributed by atoms with Crippen LogP contribution in [0.5, 0.6) is 0 Å². The Labute approximate surface area is 195 Å². The number of carbonyl (C=O) groups is 2. The number of nitrogens with one attached hydrogen (secondary N) is 1. The van der Waals surface area contributed by atoms with Crippen molar-refractivity contribution in [1.29, 1.82) is 0 Å². The van der Waals surface area contributed by atoms with Gasteiger partial charge in [0.05, 0.1) is 25.7 Å². The molecule has 1 saturated carbocycles. The molecule has 1 N–H and O–H groups in total. The first kappa shape index (κ1) is 21.7. The highest BCUT2D eigenvalue weighted by Crippen LogP contribution is 2.38. The molecule has 33 heavy (non-hydrogen) atoms. The van der Waals surface area contributed by atoms with Gasteiger partial charge in [-0.3, -0.25) is 9.59 Å². The van der Waals surface area contributed by atoms with Crippen molar-refractivity contribution >= 4 is 23.2 Å². The third-order valence-corrected chi connectivity index (χ3v) is 6.92. The van der Waals surface area contributed by atoms with Gasteiger partial charge in [-0.15, -0.1) is 0 Å². The van der Waals surface area contributed by atoms with Crippen LogP contribution < -0.4 is 10.2 Å². The van der Waals surface area contributed by atoms with Crippen LogP contribution in [0.1, 0.15) is 37.7 Å². The number of carbonyl (C=O) groups excluding carboxylic acids is 2. The molecule has 2 aromatic rings. The van der Waals surface area contributed by atoms with Crippen LogP contribution in [0.15, 0.2) is 65.7 Å². The van der Waals surface area contributed by atoms with Gasteiger partial charge in [-0.1, -0.05) is 36.8 Å². The normalized spacial score (nSPS) is 20.7. The van der Waals surface area contributed by atoms with E-state index in [1.807, 2.05) is 47.4 Å². The number of benzene rings is 2. The van der Waals surface area contributed by atoms with Crippen molar-refractivity contribution in [2.45, 2.75) is 44.7 Å². The minimum Gasteiger partial charge on any atom is -0.378 e. The van der Waals surface area contributed by atoms with Crippen LogP contribution in [0.3, 0.4) is 0 Å². The maximum atomic E-state index is 13.4. The summed E-state index contributed by atoms with van der Waals surface area (Å²) in [6.07, 6.45) is 4.26. The summed E-state index contributed by atoms with van der Waals surface area (Å²) in [5, 5.41) is 2.99. The van der Waals surface area contributed by atoms with Crippen molar-refractivity contribution in [2.24, 2.45) is 0 Å². The van der Waals surface area contributed by atoms with Crippen molar-refractivity contribution in [3.63, 3.8) is 0 Å². The van der Waals surface area contributed by atoms with Crippen LogP contribution in [0.4, 0.5) is 11.4 Å². The molecule has 1 atom stereocenters. The van der Waals surface area contributed by atoms with Gasteiger partial charge >= 0.3 is 0 Å². The van der Waals surface area contributed by atoms with E-state index >= 15 is 0 Å². The molecule has 2 aromatic carbocycles. The molecule has 0 radical (unpaired) electrons. The maximum Gasteiger partial charge on any atom is 0.251 e. The fourth-order valence-corrected chi connectivity index (χ4v) is 5.24. The Morgan fingerprint density at radius 2 is 1.76 bits per heavy atom. The smallest absolute Gasteiger partial charge is 0.251 e. The summed E-state index contributed by atoms with van der Waals surface area (Å²) >= 11 is 0. The zero-order valence-electron chi connectivity index (χ0n) is 19.0. The standard InChI is InChI=1S/C27H31N3O3/c31-26(28-21-10-12-22(13-11-21)29-14-16-33-17-15-29)18-24-23-8-4-5-9-25(23)30(27(24)32)19-20-6-2-1-3-7-20/h1-3,6-7,10-13,25H,4-5,8-9,14-19H2,(H,28,31). The molecule has 2 aliphatic heterocycles. The Hall–Kier alpha value is -3.12. The SMILES string of the molecule is O=C(CC1=C2CCCCC2N(Cc2ccccc2)C1=O)Nc1ccc(N2CCOCC2)cc1. The highest BCUT2D eigenvalue weighted by Gasteiger charge is 2.40. The van der Waals surface area contributed by atoms with Crippen LogP contribution in [0.2, 0.25) is 0 Å². The van der Waals surface area contributed by atoms with Crippen LogP contribution in [0, 0.1) is 0 Å². The lowest BCUT2D eigenvalue weighted by molar-refractivity contribution is -0.129. The van der Waals surface area contributed by atoms with Crippen molar-refractivity contribution in [3.05, 3.63) is 71.3 Å². The summed E-state index contributed by atoms with van der Waals surface area (Å²) in [6.45, 7) is 3.84. The third kappa shape index (κ3) is 4.81. The van der Waals surface area contributed by atoms with Gasteiger partial charge in [-0.05, 0) is 54.7 Å². The van der Waals surface area contributed by atoms with Crippen molar-refractivity contribution in [2.75, 3.05) is 36.5 Å². The summed E-state index contributed by atoms with van der Waals surface area (Å²) in [4.78, 5) is 30.5. The Morgan fingerprint density at radius 3 is 2.52 bits per heavy atom. The average Bonchev–Trinajstić information content (AvgIpc) is 3.12. The van der Waals surface area contributed by atoms with Gasteiger partial charge in [0.15, 0.2) is 0 Å². The van der Waals surface area contributed by atoms with E-state index in [9.17, 15) is 9.59 Å².